The summed E-state index contributed by atoms with van der Waals surface area (Å²) < 4.78 is 7.13. The van der Waals surface area contributed by atoms with E-state index in [0.717, 1.165) is 41.9 Å². The predicted molar refractivity (Wildman–Crippen MR) is 99.2 cm³/mol. The van der Waals surface area contributed by atoms with E-state index in [4.69, 9.17) is 4.74 Å². The lowest BCUT2D eigenvalue weighted by Gasteiger charge is -2.09. The van der Waals surface area contributed by atoms with Crippen LogP contribution in [0.1, 0.15) is 12.0 Å². The maximum absolute atomic E-state index is 5.36. The van der Waals surface area contributed by atoms with Gasteiger partial charge in [0.2, 0.25) is 5.16 Å². The van der Waals surface area contributed by atoms with Gasteiger partial charge in [-0.15, -0.1) is 5.10 Å². The van der Waals surface area contributed by atoms with Crippen molar-refractivity contribution in [1.29, 1.82) is 0 Å². The molecule has 0 spiro atoms. The third-order valence-electron chi connectivity index (χ3n) is 3.68. The average molecular weight is 355 g/mol. The zero-order valence-electron chi connectivity index (χ0n) is 14.1. The minimum Gasteiger partial charge on any atom is -0.496 e. The summed E-state index contributed by atoms with van der Waals surface area (Å²) in [6, 6.07) is 18.0. The molecule has 3 aromatic rings. The Bertz CT molecular complexity index is 778. The van der Waals surface area contributed by atoms with E-state index in [9.17, 15) is 0 Å². The second-order valence-electron chi connectivity index (χ2n) is 5.40. The standard InChI is InChI=1S/C18H21N5OS/c1-24-17-11-6-5-8-15(17)14-19-12-7-13-25-18-20-21-22-23(18)16-9-3-2-4-10-16/h2-6,8-11,19H,7,12-14H2,1H3. The smallest absolute Gasteiger partial charge is 0.214 e. The van der Waals surface area contributed by atoms with Crippen LogP contribution in [0.4, 0.5) is 0 Å². The first kappa shape index (κ1) is 17.4. The molecule has 1 aromatic heterocycles. The molecule has 0 amide bonds. The largest absolute Gasteiger partial charge is 0.496 e. The van der Waals surface area contributed by atoms with Crippen molar-refractivity contribution >= 4 is 11.8 Å². The molecule has 0 saturated carbocycles. The second kappa shape index (κ2) is 9.19. The fourth-order valence-corrected chi connectivity index (χ4v) is 3.26. The molecule has 0 aliphatic heterocycles. The minimum atomic E-state index is 0.802. The van der Waals surface area contributed by atoms with Gasteiger partial charge in [0.05, 0.1) is 12.8 Å². The Kier molecular flexibility index (Phi) is 6.42. The number of tetrazole rings is 1. The molecular weight excluding hydrogens is 334 g/mol. The topological polar surface area (TPSA) is 64.9 Å². The van der Waals surface area contributed by atoms with Crippen LogP contribution >= 0.6 is 11.8 Å². The van der Waals surface area contributed by atoms with E-state index in [2.05, 4.69) is 26.9 Å². The van der Waals surface area contributed by atoms with Gasteiger partial charge in [-0.1, -0.05) is 48.2 Å². The number of benzene rings is 2. The SMILES string of the molecule is COc1ccccc1CNCCCSc1nnnn1-c1ccccc1. The van der Waals surface area contributed by atoms with Gasteiger partial charge in [0.15, 0.2) is 0 Å². The normalized spacial score (nSPS) is 10.8. The van der Waals surface area contributed by atoms with E-state index in [1.54, 1.807) is 23.6 Å². The molecule has 2 aromatic carbocycles. The molecule has 6 nitrogen and oxygen atoms in total. The van der Waals surface area contributed by atoms with Crippen molar-refractivity contribution in [2.75, 3.05) is 19.4 Å². The van der Waals surface area contributed by atoms with E-state index in [1.807, 2.05) is 48.5 Å². The highest BCUT2D eigenvalue weighted by atomic mass is 32.2. The number of rotatable bonds is 9. The predicted octanol–water partition coefficient (Wildman–Crippen LogP) is 2.94. The van der Waals surface area contributed by atoms with Crippen molar-refractivity contribution in [1.82, 2.24) is 25.5 Å². The van der Waals surface area contributed by atoms with Crippen molar-refractivity contribution in [3.63, 3.8) is 0 Å². The minimum absolute atomic E-state index is 0.802. The molecule has 1 heterocycles. The maximum Gasteiger partial charge on any atom is 0.214 e. The lowest BCUT2D eigenvalue weighted by Crippen LogP contribution is -2.15. The van der Waals surface area contributed by atoms with E-state index in [-0.39, 0.29) is 0 Å². The summed E-state index contributed by atoms with van der Waals surface area (Å²) in [4.78, 5) is 0. The van der Waals surface area contributed by atoms with Crippen LogP contribution in [-0.2, 0) is 6.54 Å². The molecule has 0 radical (unpaired) electrons. The first-order chi connectivity index (χ1) is 12.4. The molecule has 0 aliphatic rings. The number of hydrogen-bond donors (Lipinski definition) is 1. The van der Waals surface area contributed by atoms with Gasteiger partial charge >= 0.3 is 0 Å². The molecule has 130 valence electrons. The molecule has 0 fully saturated rings. The van der Waals surface area contributed by atoms with E-state index >= 15 is 0 Å². The molecule has 7 heteroatoms. The highest BCUT2D eigenvalue weighted by Gasteiger charge is 2.08. The van der Waals surface area contributed by atoms with Gasteiger partial charge in [0.1, 0.15) is 5.75 Å². The number of hydrogen-bond acceptors (Lipinski definition) is 6. The summed E-state index contributed by atoms with van der Waals surface area (Å²) in [5.41, 5.74) is 2.15. The number of nitrogens with one attached hydrogen (secondary N) is 1. The lowest BCUT2D eigenvalue weighted by molar-refractivity contribution is 0.408. The zero-order chi connectivity index (χ0) is 17.3. The highest BCUT2D eigenvalue weighted by molar-refractivity contribution is 7.99. The van der Waals surface area contributed by atoms with Crippen molar-refractivity contribution in [3.8, 4) is 11.4 Å². The van der Waals surface area contributed by atoms with Crippen molar-refractivity contribution in [2.45, 2.75) is 18.1 Å². The molecule has 0 bridgehead atoms. The molecule has 1 N–H and O–H groups in total. The Labute approximate surface area is 151 Å². The summed E-state index contributed by atoms with van der Waals surface area (Å²) in [5.74, 6) is 1.87. The highest BCUT2D eigenvalue weighted by Crippen LogP contribution is 2.19. The van der Waals surface area contributed by atoms with E-state index in [1.165, 1.54) is 5.56 Å². The average Bonchev–Trinajstić information content (AvgIpc) is 3.14. The zero-order valence-corrected chi connectivity index (χ0v) is 14.9. The number of para-hydroxylation sites is 2. The molecular formula is C18H21N5OS. The molecule has 0 atom stereocenters. The van der Waals surface area contributed by atoms with Gasteiger partial charge in [-0.2, -0.15) is 4.68 Å². The van der Waals surface area contributed by atoms with Crippen LogP contribution in [0.15, 0.2) is 59.8 Å². The quantitative estimate of drug-likeness (QED) is 0.470. The summed E-state index contributed by atoms with van der Waals surface area (Å²) >= 11 is 1.66. The van der Waals surface area contributed by atoms with Crippen molar-refractivity contribution in [3.05, 3.63) is 60.2 Å². The van der Waals surface area contributed by atoms with Gasteiger partial charge in [-0.25, -0.2) is 0 Å². The number of thioether (sulfide) groups is 1. The van der Waals surface area contributed by atoms with Crippen LogP contribution < -0.4 is 10.1 Å². The lowest BCUT2D eigenvalue weighted by atomic mass is 10.2. The van der Waals surface area contributed by atoms with Crippen molar-refractivity contribution in [2.24, 2.45) is 0 Å². The fraction of sp³-hybridized carbons (Fsp3) is 0.278. The van der Waals surface area contributed by atoms with Crippen LogP contribution in [0, 0.1) is 0 Å². The first-order valence-electron chi connectivity index (χ1n) is 8.17. The number of methoxy groups -OCH3 is 1. The maximum atomic E-state index is 5.36. The van der Waals surface area contributed by atoms with Crippen molar-refractivity contribution < 1.29 is 4.74 Å². The fourth-order valence-electron chi connectivity index (χ4n) is 2.43. The molecule has 25 heavy (non-hydrogen) atoms. The van der Waals surface area contributed by atoms with Crippen LogP contribution in [-0.4, -0.2) is 39.6 Å². The van der Waals surface area contributed by atoms with Gasteiger partial charge in [0.25, 0.3) is 0 Å². The molecule has 0 aliphatic carbocycles. The van der Waals surface area contributed by atoms with Gasteiger partial charge in [-0.05, 0) is 41.6 Å². The molecule has 0 saturated heterocycles. The Morgan fingerprint density at radius 2 is 1.88 bits per heavy atom. The van der Waals surface area contributed by atoms with Crippen LogP contribution in [0.3, 0.4) is 0 Å². The summed E-state index contributed by atoms with van der Waals surface area (Å²) in [5, 5.41) is 16.2. The number of ether oxygens (including phenoxy) is 1. The van der Waals surface area contributed by atoms with Gasteiger partial charge in [-0.3, -0.25) is 0 Å². The van der Waals surface area contributed by atoms with Crippen LogP contribution in [0.5, 0.6) is 5.75 Å². The Balaban J connectivity index is 1.42. The summed E-state index contributed by atoms with van der Waals surface area (Å²) in [6.07, 6.45) is 1.03. The number of nitrogens with zero attached hydrogens (tertiary/aromatic N) is 4. The Morgan fingerprint density at radius 3 is 2.72 bits per heavy atom. The molecule has 0 unspecified atom stereocenters. The van der Waals surface area contributed by atoms with E-state index in [0.29, 0.717) is 0 Å². The third kappa shape index (κ3) is 4.80. The van der Waals surface area contributed by atoms with Crippen LogP contribution in [0.25, 0.3) is 5.69 Å². The second-order valence-corrected chi connectivity index (χ2v) is 6.46. The Hall–Kier alpha value is -2.38. The monoisotopic (exact) mass is 355 g/mol. The van der Waals surface area contributed by atoms with Gasteiger partial charge < -0.3 is 10.1 Å². The Morgan fingerprint density at radius 1 is 1.08 bits per heavy atom. The third-order valence-corrected chi connectivity index (χ3v) is 4.68. The van der Waals surface area contributed by atoms with Gasteiger partial charge in [0, 0.05) is 17.9 Å². The summed E-state index contributed by atoms with van der Waals surface area (Å²) in [6.45, 7) is 1.73. The van der Waals surface area contributed by atoms with Crippen LogP contribution in [0.2, 0.25) is 0 Å². The molecule has 3 rings (SSSR count). The summed E-state index contributed by atoms with van der Waals surface area (Å²) in [7, 11) is 1.70. The number of aromatic nitrogens is 4. The first-order valence-corrected chi connectivity index (χ1v) is 9.16. The van der Waals surface area contributed by atoms with E-state index < -0.39 is 0 Å².